The number of carbonyl (C=O) groups is 1. The molecule has 0 unspecified atom stereocenters. The van der Waals surface area contributed by atoms with Gasteiger partial charge in [-0.3, -0.25) is 4.79 Å². The van der Waals surface area contributed by atoms with Crippen molar-refractivity contribution in [2.75, 3.05) is 13.1 Å². The molecule has 6 heteroatoms. The molecule has 4 rings (SSSR count). The molecule has 2 aromatic heterocycles. The molecule has 0 spiro atoms. The van der Waals surface area contributed by atoms with E-state index in [1.54, 1.807) is 12.5 Å². The maximum absolute atomic E-state index is 12.6. The van der Waals surface area contributed by atoms with Crippen LogP contribution in [0.3, 0.4) is 0 Å². The number of amides is 1. The lowest BCUT2D eigenvalue weighted by Gasteiger charge is -2.33. The number of likely N-dealkylation sites (tertiary alicyclic amines) is 1. The van der Waals surface area contributed by atoms with Crippen LogP contribution in [0, 0.1) is 0 Å². The highest BCUT2D eigenvalue weighted by Gasteiger charge is 2.25. The lowest BCUT2D eigenvalue weighted by atomic mass is 10.1. The summed E-state index contributed by atoms with van der Waals surface area (Å²) in [6.07, 6.45) is 9.49. The van der Waals surface area contributed by atoms with Gasteiger partial charge in [0.25, 0.3) is 0 Å². The van der Waals surface area contributed by atoms with Gasteiger partial charge in [0, 0.05) is 31.0 Å². The van der Waals surface area contributed by atoms with Crippen molar-refractivity contribution in [1.29, 1.82) is 0 Å². The summed E-state index contributed by atoms with van der Waals surface area (Å²) in [5.74, 6) is 0.649. The Labute approximate surface area is 146 Å². The van der Waals surface area contributed by atoms with E-state index in [4.69, 9.17) is 4.42 Å². The summed E-state index contributed by atoms with van der Waals surface area (Å²) in [4.78, 5) is 23.1. The van der Waals surface area contributed by atoms with Crippen LogP contribution in [0.25, 0.3) is 11.5 Å². The van der Waals surface area contributed by atoms with Gasteiger partial charge in [-0.25, -0.2) is 9.97 Å². The maximum Gasteiger partial charge on any atom is 0.228 e. The number of hydrogen-bond acceptors (Lipinski definition) is 4. The highest BCUT2D eigenvalue weighted by molar-refractivity contribution is 5.78. The molecule has 3 heterocycles. The van der Waals surface area contributed by atoms with Crippen LogP contribution in [0.2, 0.25) is 0 Å². The zero-order valence-corrected chi connectivity index (χ0v) is 13.9. The Balaban J connectivity index is 1.41. The summed E-state index contributed by atoms with van der Waals surface area (Å²) < 4.78 is 7.61. The summed E-state index contributed by atoms with van der Waals surface area (Å²) in [7, 11) is 0. The topological polar surface area (TPSA) is 64.2 Å². The fraction of sp³-hybridized carbons (Fsp3) is 0.316. The molecule has 1 atom stereocenters. The molecule has 0 saturated carbocycles. The number of imidazole rings is 1. The molecule has 1 aliphatic heterocycles. The molecule has 0 radical (unpaired) electrons. The van der Waals surface area contributed by atoms with E-state index >= 15 is 0 Å². The highest BCUT2D eigenvalue weighted by Crippen LogP contribution is 2.22. The van der Waals surface area contributed by atoms with Crippen molar-refractivity contribution in [3.63, 3.8) is 0 Å². The standard InChI is InChI=1S/C19H20N4O2/c24-18(22-9-4-7-17(12-22)23-10-8-20-14-23)11-16-13-25-19(21-16)15-5-2-1-3-6-15/h1-3,5-6,8,10,13-14,17H,4,7,9,11-12H2/t17-/m1/s1. The van der Waals surface area contributed by atoms with E-state index in [-0.39, 0.29) is 12.3 Å². The fourth-order valence-electron chi connectivity index (χ4n) is 3.28. The van der Waals surface area contributed by atoms with E-state index in [0.717, 1.165) is 31.5 Å². The predicted molar refractivity (Wildman–Crippen MR) is 92.7 cm³/mol. The van der Waals surface area contributed by atoms with Gasteiger partial charge in [-0.1, -0.05) is 18.2 Å². The van der Waals surface area contributed by atoms with Crippen molar-refractivity contribution in [3.8, 4) is 11.5 Å². The number of piperidine rings is 1. The van der Waals surface area contributed by atoms with E-state index in [2.05, 4.69) is 14.5 Å². The van der Waals surface area contributed by atoms with Crippen LogP contribution in [0.15, 0.2) is 59.7 Å². The van der Waals surface area contributed by atoms with Crippen LogP contribution in [0.1, 0.15) is 24.6 Å². The second-order valence-electron chi connectivity index (χ2n) is 6.33. The van der Waals surface area contributed by atoms with Crippen LogP contribution >= 0.6 is 0 Å². The number of carbonyl (C=O) groups excluding carboxylic acids is 1. The second-order valence-corrected chi connectivity index (χ2v) is 6.33. The van der Waals surface area contributed by atoms with Gasteiger partial charge in [-0.05, 0) is 25.0 Å². The molecule has 0 aliphatic carbocycles. The van der Waals surface area contributed by atoms with E-state index in [9.17, 15) is 4.79 Å². The average Bonchev–Trinajstić information content (AvgIpc) is 3.35. The summed E-state index contributed by atoms with van der Waals surface area (Å²) in [6, 6.07) is 10.0. The third-order valence-corrected chi connectivity index (χ3v) is 4.60. The molecule has 1 aromatic carbocycles. The van der Waals surface area contributed by atoms with Gasteiger partial charge in [0.15, 0.2) is 0 Å². The Kier molecular flexibility index (Phi) is 4.33. The van der Waals surface area contributed by atoms with Gasteiger partial charge in [0.1, 0.15) is 6.26 Å². The predicted octanol–water partition coefficient (Wildman–Crippen LogP) is 2.94. The van der Waals surface area contributed by atoms with E-state index in [1.807, 2.05) is 47.8 Å². The SMILES string of the molecule is O=C(Cc1coc(-c2ccccc2)n1)N1CCC[C@@H](n2ccnc2)C1. The zero-order valence-electron chi connectivity index (χ0n) is 13.9. The molecule has 25 heavy (non-hydrogen) atoms. The van der Waals surface area contributed by atoms with Gasteiger partial charge < -0.3 is 13.9 Å². The van der Waals surface area contributed by atoms with Crippen molar-refractivity contribution in [3.05, 3.63) is 61.0 Å². The number of aromatic nitrogens is 3. The number of benzene rings is 1. The Hall–Kier alpha value is -2.89. The third kappa shape index (κ3) is 3.47. The van der Waals surface area contributed by atoms with Crippen molar-refractivity contribution >= 4 is 5.91 Å². The first-order chi connectivity index (χ1) is 12.3. The van der Waals surface area contributed by atoms with E-state index < -0.39 is 0 Å². The molecular formula is C19H20N4O2. The number of hydrogen-bond donors (Lipinski definition) is 0. The average molecular weight is 336 g/mol. The van der Waals surface area contributed by atoms with Crippen molar-refractivity contribution in [2.45, 2.75) is 25.3 Å². The summed E-state index contributed by atoms with van der Waals surface area (Å²) in [6.45, 7) is 1.52. The summed E-state index contributed by atoms with van der Waals surface area (Å²) in [5, 5.41) is 0. The van der Waals surface area contributed by atoms with Crippen molar-refractivity contribution in [1.82, 2.24) is 19.4 Å². The zero-order chi connectivity index (χ0) is 17.1. The van der Waals surface area contributed by atoms with Crippen LogP contribution in [-0.2, 0) is 11.2 Å². The first-order valence-corrected chi connectivity index (χ1v) is 8.54. The van der Waals surface area contributed by atoms with Gasteiger partial charge >= 0.3 is 0 Å². The fourth-order valence-corrected chi connectivity index (χ4v) is 3.28. The molecule has 1 amide bonds. The quantitative estimate of drug-likeness (QED) is 0.735. The molecule has 128 valence electrons. The van der Waals surface area contributed by atoms with Crippen LogP contribution in [0.5, 0.6) is 0 Å². The Morgan fingerprint density at radius 1 is 1.28 bits per heavy atom. The Bertz CT molecular complexity index is 826. The van der Waals surface area contributed by atoms with Crippen molar-refractivity contribution < 1.29 is 9.21 Å². The second kappa shape index (κ2) is 6.93. The van der Waals surface area contributed by atoms with E-state index in [1.165, 1.54) is 0 Å². The monoisotopic (exact) mass is 336 g/mol. The van der Waals surface area contributed by atoms with Crippen LogP contribution in [-0.4, -0.2) is 38.4 Å². The Morgan fingerprint density at radius 3 is 2.96 bits per heavy atom. The van der Waals surface area contributed by atoms with Crippen LogP contribution in [0.4, 0.5) is 0 Å². The largest absolute Gasteiger partial charge is 0.444 e. The summed E-state index contributed by atoms with van der Waals surface area (Å²) in [5.41, 5.74) is 1.59. The smallest absolute Gasteiger partial charge is 0.228 e. The minimum atomic E-state index is 0.0951. The van der Waals surface area contributed by atoms with Crippen molar-refractivity contribution in [2.24, 2.45) is 0 Å². The lowest BCUT2D eigenvalue weighted by molar-refractivity contribution is -0.132. The molecule has 0 N–H and O–H groups in total. The van der Waals surface area contributed by atoms with E-state index in [0.29, 0.717) is 17.6 Å². The minimum Gasteiger partial charge on any atom is -0.444 e. The lowest BCUT2D eigenvalue weighted by Crippen LogP contribution is -2.41. The van der Waals surface area contributed by atoms with Gasteiger partial charge in [-0.15, -0.1) is 0 Å². The first-order valence-electron chi connectivity index (χ1n) is 8.54. The third-order valence-electron chi connectivity index (χ3n) is 4.60. The molecule has 3 aromatic rings. The first kappa shape index (κ1) is 15.6. The van der Waals surface area contributed by atoms with Crippen LogP contribution < -0.4 is 0 Å². The molecule has 6 nitrogen and oxygen atoms in total. The minimum absolute atomic E-state index is 0.0951. The molecule has 1 fully saturated rings. The normalized spacial score (nSPS) is 17.6. The Morgan fingerprint density at radius 2 is 2.16 bits per heavy atom. The molecule has 1 saturated heterocycles. The number of oxazole rings is 1. The van der Waals surface area contributed by atoms with Gasteiger partial charge in [0.2, 0.25) is 11.8 Å². The van der Waals surface area contributed by atoms with Gasteiger partial charge in [0.05, 0.1) is 24.5 Å². The number of rotatable bonds is 4. The maximum atomic E-state index is 12.6. The van der Waals surface area contributed by atoms with Gasteiger partial charge in [-0.2, -0.15) is 0 Å². The number of nitrogens with zero attached hydrogens (tertiary/aromatic N) is 4. The molecular weight excluding hydrogens is 316 g/mol. The summed E-state index contributed by atoms with van der Waals surface area (Å²) >= 11 is 0. The molecule has 1 aliphatic rings. The molecule has 0 bridgehead atoms. The highest BCUT2D eigenvalue weighted by atomic mass is 16.3.